The first-order valence-electron chi connectivity index (χ1n) is 8.73. The number of nitrogens with zero attached hydrogens (tertiary/aromatic N) is 4. The molecule has 0 bridgehead atoms. The molecule has 2 aromatic heterocycles. The second-order valence-electron chi connectivity index (χ2n) is 6.33. The number of halogens is 1. The van der Waals surface area contributed by atoms with E-state index in [1.807, 2.05) is 43.3 Å². The second-order valence-corrected chi connectivity index (χ2v) is 6.77. The van der Waals surface area contributed by atoms with Crippen molar-refractivity contribution in [2.24, 2.45) is 0 Å². The fraction of sp³-hybridized carbons (Fsp3) is 0.0476. The van der Waals surface area contributed by atoms with E-state index < -0.39 is 6.03 Å². The van der Waals surface area contributed by atoms with Crippen molar-refractivity contribution in [1.29, 1.82) is 5.26 Å². The number of hydrogen-bond acceptors (Lipinski definition) is 4. The smallest absolute Gasteiger partial charge is 0.308 e. The highest BCUT2D eigenvalue weighted by Gasteiger charge is 2.17. The van der Waals surface area contributed by atoms with Gasteiger partial charge in [-0.05, 0) is 48.9 Å². The molecule has 0 aliphatic carbocycles. The summed E-state index contributed by atoms with van der Waals surface area (Å²) in [7, 11) is 0. The van der Waals surface area contributed by atoms with Gasteiger partial charge >= 0.3 is 6.03 Å². The van der Waals surface area contributed by atoms with Crippen LogP contribution >= 0.6 is 11.6 Å². The molecule has 0 saturated carbocycles. The molecule has 4 aromatic rings. The lowest BCUT2D eigenvalue weighted by Gasteiger charge is -2.12. The minimum Gasteiger partial charge on any atom is -0.308 e. The molecule has 0 saturated heterocycles. The van der Waals surface area contributed by atoms with Crippen LogP contribution in [0.4, 0.5) is 16.3 Å². The van der Waals surface area contributed by atoms with Gasteiger partial charge in [-0.1, -0.05) is 29.8 Å². The van der Waals surface area contributed by atoms with Crippen LogP contribution in [0.1, 0.15) is 11.1 Å². The Hall–Kier alpha value is -3.89. The predicted molar refractivity (Wildman–Crippen MR) is 112 cm³/mol. The van der Waals surface area contributed by atoms with Gasteiger partial charge < -0.3 is 5.32 Å². The van der Waals surface area contributed by atoms with Gasteiger partial charge in [-0.2, -0.15) is 15.0 Å². The number of aromatic nitrogens is 3. The largest absolute Gasteiger partial charge is 0.324 e. The lowest BCUT2D eigenvalue weighted by molar-refractivity contribution is 0.262. The van der Waals surface area contributed by atoms with Crippen molar-refractivity contribution in [2.75, 3.05) is 10.6 Å². The van der Waals surface area contributed by atoms with Gasteiger partial charge in [0.1, 0.15) is 11.6 Å². The van der Waals surface area contributed by atoms with E-state index in [0.29, 0.717) is 16.5 Å². The molecule has 2 heterocycles. The molecule has 0 atom stereocenters. The number of anilines is 2. The molecule has 29 heavy (non-hydrogen) atoms. The molecule has 4 rings (SSSR count). The highest BCUT2D eigenvalue weighted by Crippen LogP contribution is 2.24. The maximum Gasteiger partial charge on any atom is 0.324 e. The van der Waals surface area contributed by atoms with Crippen LogP contribution in [-0.2, 0) is 0 Å². The Kier molecular flexibility index (Phi) is 4.85. The zero-order valence-electron chi connectivity index (χ0n) is 15.3. The van der Waals surface area contributed by atoms with Crippen molar-refractivity contribution < 1.29 is 4.79 Å². The number of rotatable bonds is 3. The van der Waals surface area contributed by atoms with Crippen LogP contribution in [0.3, 0.4) is 0 Å². The van der Waals surface area contributed by atoms with E-state index in [-0.39, 0.29) is 11.4 Å². The second kappa shape index (κ2) is 7.62. The minimum absolute atomic E-state index is 0.226. The first-order chi connectivity index (χ1) is 14.0. The zero-order valence-corrected chi connectivity index (χ0v) is 16.1. The molecule has 2 N–H and O–H groups in total. The Morgan fingerprint density at radius 2 is 1.90 bits per heavy atom. The molecule has 0 aliphatic rings. The number of carbonyl (C=O) groups is 1. The maximum atomic E-state index is 12.5. The summed E-state index contributed by atoms with van der Waals surface area (Å²) in [6.45, 7) is 1.97. The lowest BCUT2D eigenvalue weighted by Crippen LogP contribution is -2.22. The third-order valence-electron chi connectivity index (χ3n) is 4.35. The molecule has 142 valence electrons. The predicted octanol–water partition coefficient (Wildman–Crippen LogP) is 4.90. The Balaban J connectivity index is 1.68. The normalized spacial score (nSPS) is 10.5. The number of para-hydroxylation sites is 1. The number of nitriles is 1. The van der Waals surface area contributed by atoms with E-state index >= 15 is 0 Å². The lowest BCUT2D eigenvalue weighted by atomic mass is 10.1. The van der Waals surface area contributed by atoms with Crippen molar-refractivity contribution in [3.05, 3.63) is 76.9 Å². The van der Waals surface area contributed by atoms with Gasteiger partial charge in [-0.25, -0.2) is 9.78 Å². The Morgan fingerprint density at radius 1 is 1.14 bits per heavy atom. The summed E-state index contributed by atoms with van der Waals surface area (Å²) in [4.78, 5) is 17.1. The van der Waals surface area contributed by atoms with Crippen LogP contribution < -0.4 is 10.6 Å². The van der Waals surface area contributed by atoms with Gasteiger partial charge in [0.05, 0.1) is 11.7 Å². The van der Waals surface area contributed by atoms with Crippen LogP contribution in [0, 0.1) is 18.3 Å². The molecule has 0 fully saturated rings. The standard InChI is InChI=1S/C21H15ClN6O/c1-13-10-19(26-18-5-3-2-4-17(13)18)28-20(14(11-23)12-24-28)27-21(29)25-16-8-6-15(22)7-9-16/h2-10,12H,1H3,(H2,25,27,29). The Bertz CT molecular complexity index is 1260. The van der Waals surface area contributed by atoms with Crippen molar-refractivity contribution in [2.45, 2.75) is 6.92 Å². The maximum absolute atomic E-state index is 12.5. The van der Waals surface area contributed by atoms with Crippen molar-refractivity contribution in [3.63, 3.8) is 0 Å². The van der Waals surface area contributed by atoms with E-state index in [4.69, 9.17) is 11.6 Å². The van der Waals surface area contributed by atoms with Gasteiger partial charge in [0.15, 0.2) is 11.6 Å². The van der Waals surface area contributed by atoms with E-state index in [1.54, 1.807) is 24.3 Å². The highest BCUT2D eigenvalue weighted by atomic mass is 35.5. The summed E-state index contributed by atoms with van der Waals surface area (Å²) < 4.78 is 1.44. The topological polar surface area (TPSA) is 95.6 Å². The van der Waals surface area contributed by atoms with Crippen molar-refractivity contribution in [1.82, 2.24) is 14.8 Å². The molecular weight excluding hydrogens is 388 g/mol. The van der Waals surface area contributed by atoms with Gasteiger partial charge in [0.25, 0.3) is 0 Å². The van der Waals surface area contributed by atoms with Gasteiger partial charge in [0, 0.05) is 16.1 Å². The number of carbonyl (C=O) groups excluding carboxylic acids is 1. The van der Waals surface area contributed by atoms with Crippen molar-refractivity contribution >= 4 is 40.0 Å². The van der Waals surface area contributed by atoms with E-state index in [2.05, 4.69) is 20.7 Å². The van der Waals surface area contributed by atoms with Crippen molar-refractivity contribution in [3.8, 4) is 11.9 Å². The number of pyridine rings is 1. The number of hydrogen-bond donors (Lipinski definition) is 2. The number of fused-ring (bicyclic) bond motifs is 1. The summed E-state index contributed by atoms with van der Waals surface area (Å²) in [5, 5.41) is 20.7. The molecule has 0 unspecified atom stereocenters. The zero-order chi connectivity index (χ0) is 20.4. The van der Waals surface area contributed by atoms with Crippen LogP contribution in [0.2, 0.25) is 5.02 Å². The molecule has 7 nitrogen and oxygen atoms in total. The number of amides is 2. The van der Waals surface area contributed by atoms with Gasteiger partial charge in [0.2, 0.25) is 0 Å². The van der Waals surface area contributed by atoms with E-state index in [1.165, 1.54) is 10.9 Å². The van der Waals surface area contributed by atoms with Crippen LogP contribution in [0.25, 0.3) is 16.7 Å². The molecular formula is C21H15ClN6O. The molecule has 0 radical (unpaired) electrons. The van der Waals surface area contributed by atoms with Gasteiger partial charge in [-0.3, -0.25) is 5.32 Å². The number of urea groups is 1. The average molecular weight is 403 g/mol. The van der Waals surface area contributed by atoms with Crippen LogP contribution in [0.15, 0.2) is 60.8 Å². The van der Waals surface area contributed by atoms with E-state index in [9.17, 15) is 10.1 Å². The summed E-state index contributed by atoms with van der Waals surface area (Å²) in [6, 6.07) is 17.8. The van der Waals surface area contributed by atoms with Crippen LogP contribution in [-0.4, -0.2) is 20.8 Å². The summed E-state index contributed by atoms with van der Waals surface area (Å²) in [5.74, 6) is 0.741. The molecule has 0 spiro atoms. The Morgan fingerprint density at radius 3 is 2.66 bits per heavy atom. The minimum atomic E-state index is -0.511. The third-order valence-corrected chi connectivity index (χ3v) is 4.60. The van der Waals surface area contributed by atoms with Gasteiger partial charge in [-0.15, -0.1) is 0 Å². The monoisotopic (exact) mass is 402 g/mol. The first kappa shape index (κ1) is 18.5. The van der Waals surface area contributed by atoms with E-state index in [0.717, 1.165) is 16.5 Å². The first-order valence-corrected chi connectivity index (χ1v) is 9.11. The fourth-order valence-electron chi connectivity index (χ4n) is 2.97. The molecule has 0 aliphatic heterocycles. The SMILES string of the molecule is Cc1cc(-n2ncc(C#N)c2NC(=O)Nc2ccc(Cl)cc2)nc2ccccc12. The number of nitrogens with one attached hydrogen (secondary N) is 2. The third kappa shape index (κ3) is 3.74. The van der Waals surface area contributed by atoms with Crippen LogP contribution in [0.5, 0.6) is 0 Å². The molecule has 2 amide bonds. The summed E-state index contributed by atoms with van der Waals surface area (Å²) in [6.07, 6.45) is 1.39. The Labute approximate surface area is 171 Å². The summed E-state index contributed by atoms with van der Waals surface area (Å²) >= 11 is 5.86. The molecule has 8 heteroatoms. The summed E-state index contributed by atoms with van der Waals surface area (Å²) in [5.41, 5.74) is 2.60. The highest BCUT2D eigenvalue weighted by molar-refractivity contribution is 6.30. The number of benzene rings is 2. The average Bonchev–Trinajstić information content (AvgIpc) is 3.12. The number of aryl methyl sites for hydroxylation is 1. The molecule has 2 aromatic carbocycles. The fourth-order valence-corrected chi connectivity index (χ4v) is 3.09. The quantitative estimate of drug-likeness (QED) is 0.509.